The van der Waals surface area contributed by atoms with E-state index in [1.807, 2.05) is 0 Å². The number of carbonyl (C=O) groups excluding carboxylic acids is 3. The number of rotatable bonds is 60. The van der Waals surface area contributed by atoms with Gasteiger partial charge in [0.2, 0.25) is 0 Å². The summed E-state index contributed by atoms with van der Waals surface area (Å²) >= 11 is 0. The van der Waals surface area contributed by atoms with Gasteiger partial charge in [0.05, 0.1) is 0 Å². The molecule has 0 aliphatic carbocycles. The Morgan fingerprint density at radius 1 is 0.266 bits per heavy atom. The molecule has 0 heterocycles. The van der Waals surface area contributed by atoms with Gasteiger partial charge < -0.3 is 14.2 Å². The van der Waals surface area contributed by atoms with Crippen molar-refractivity contribution in [2.75, 3.05) is 13.2 Å². The third kappa shape index (κ3) is 64.8. The number of hydrogen-bond acceptors (Lipinski definition) is 6. The van der Waals surface area contributed by atoms with Crippen LogP contribution in [0.1, 0.15) is 316 Å². The Bertz CT molecular complexity index is 1590. The standard InChI is InChI=1S/C73H124O6/c1-4-7-10-13-16-19-22-25-28-31-34-35-36-37-40-42-45-48-51-54-57-60-63-66-72(75)78-69-70(79-73(76)67-64-61-58-55-52-49-46-43-39-33-30-27-24-21-18-15-12-9-6-3)68-77-71(74)65-62-59-56-53-50-47-44-41-38-32-29-26-23-20-17-14-11-8-5-2/h8-9,11-12,17-18,20-21,26-27,29-30,38-39,41,43,49,52,70H,4-7,10,13-16,19,22-25,28,31-37,40,42,44-48,50-51,53-69H2,1-3H3/b11-8-,12-9-,20-17-,21-18-,29-26-,30-27-,41-38-,43-39-,52-49-. The Morgan fingerprint density at radius 3 is 0.785 bits per heavy atom. The van der Waals surface area contributed by atoms with Crippen molar-refractivity contribution in [2.45, 2.75) is 322 Å². The van der Waals surface area contributed by atoms with Gasteiger partial charge in [0.1, 0.15) is 13.2 Å². The lowest BCUT2D eigenvalue weighted by molar-refractivity contribution is -0.167. The molecule has 0 aromatic rings. The summed E-state index contributed by atoms with van der Waals surface area (Å²) in [6, 6.07) is 0. The summed E-state index contributed by atoms with van der Waals surface area (Å²) in [4.78, 5) is 38.4. The highest BCUT2D eigenvalue weighted by atomic mass is 16.6. The Balaban J connectivity index is 4.42. The summed E-state index contributed by atoms with van der Waals surface area (Å²) in [5.41, 5.74) is 0. The largest absolute Gasteiger partial charge is 0.462 e. The molecular weight excluding hydrogens is 973 g/mol. The molecule has 452 valence electrons. The van der Waals surface area contributed by atoms with Crippen LogP contribution in [0.15, 0.2) is 109 Å². The molecular formula is C73H124O6. The molecule has 0 saturated heterocycles. The molecule has 6 nitrogen and oxygen atoms in total. The van der Waals surface area contributed by atoms with E-state index in [0.717, 1.165) is 135 Å². The predicted octanol–water partition coefficient (Wildman–Crippen LogP) is 23.0. The summed E-state index contributed by atoms with van der Waals surface area (Å²) in [7, 11) is 0. The van der Waals surface area contributed by atoms with Crippen LogP contribution in [0.2, 0.25) is 0 Å². The van der Waals surface area contributed by atoms with Crippen molar-refractivity contribution in [2.24, 2.45) is 0 Å². The maximum Gasteiger partial charge on any atom is 0.306 e. The first-order valence-corrected chi connectivity index (χ1v) is 33.4. The monoisotopic (exact) mass is 1100 g/mol. The zero-order valence-electron chi connectivity index (χ0n) is 51.9. The number of ether oxygens (including phenoxy) is 3. The molecule has 1 atom stereocenters. The summed E-state index contributed by atoms with van der Waals surface area (Å²) in [5, 5.41) is 0. The molecule has 1 unspecified atom stereocenters. The summed E-state index contributed by atoms with van der Waals surface area (Å²) in [6.07, 6.45) is 91.0. The number of carbonyl (C=O) groups is 3. The average Bonchev–Trinajstić information content (AvgIpc) is 3.45. The molecule has 0 N–H and O–H groups in total. The molecule has 79 heavy (non-hydrogen) atoms. The maximum absolute atomic E-state index is 12.9. The number of esters is 3. The molecule has 0 radical (unpaired) electrons. The third-order valence-electron chi connectivity index (χ3n) is 14.3. The van der Waals surface area contributed by atoms with Crippen LogP contribution in [0.25, 0.3) is 0 Å². The van der Waals surface area contributed by atoms with E-state index in [0.29, 0.717) is 12.8 Å². The van der Waals surface area contributed by atoms with Crippen molar-refractivity contribution in [3.63, 3.8) is 0 Å². The topological polar surface area (TPSA) is 78.9 Å². The first kappa shape index (κ1) is 75.1. The molecule has 0 saturated carbocycles. The maximum atomic E-state index is 12.9. The SMILES string of the molecule is CC/C=C\C/C=C\C/C=C\C/C=C\C/C=C\CCCCCC(=O)OC(COC(=O)CCCCCCCC/C=C\C/C=C\C/C=C\C/C=C\CC)COC(=O)CCCCCCCCCCCCCCCCCCCCCCCCC. The van der Waals surface area contributed by atoms with Gasteiger partial charge in [0, 0.05) is 19.3 Å². The number of unbranched alkanes of at least 4 members (excludes halogenated alkanes) is 31. The van der Waals surface area contributed by atoms with Gasteiger partial charge in [-0.25, -0.2) is 0 Å². The van der Waals surface area contributed by atoms with Crippen molar-refractivity contribution in [1.82, 2.24) is 0 Å². The normalized spacial score (nSPS) is 12.8. The Morgan fingerprint density at radius 2 is 0.494 bits per heavy atom. The molecule has 0 rings (SSSR count). The second-order valence-electron chi connectivity index (χ2n) is 22.0. The lowest BCUT2D eigenvalue weighted by Gasteiger charge is -2.18. The smallest absolute Gasteiger partial charge is 0.306 e. The van der Waals surface area contributed by atoms with Crippen molar-refractivity contribution in [1.29, 1.82) is 0 Å². The predicted molar refractivity (Wildman–Crippen MR) is 343 cm³/mol. The van der Waals surface area contributed by atoms with Crippen molar-refractivity contribution >= 4 is 17.9 Å². The van der Waals surface area contributed by atoms with Gasteiger partial charge in [-0.3, -0.25) is 14.4 Å². The van der Waals surface area contributed by atoms with Crippen LogP contribution in [0.4, 0.5) is 0 Å². The molecule has 0 spiro atoms. The molecule has 0 aliphatic rings. The molecule has 0 aromatic carbocycles. The van der Waals surface area contributed by atoms with E-state index < -0.39 is 6.10 Å². The van der Waals surface area contributed by atoms with E-state index in [-0.39, 0.29) is 37.5 Å². The fourth-order valence-corrected chi connectivity index (χ4v) is 9.35. The van der Waals surface area contributed by atoms with E-state index >= 15 is 0 Å². The Labute approximate surface area is 489 Å². The highest BCUT2D eigenvalue weighted by molar-refractivity contribution is 5.71. The lowest BCUT2D eigenvalue weighted by atomic mass is 10.0. The summed E-state index contributed by atoms with van der Waals surface area (Å²) in [6.45, 7) is 6.41. The second-order valence-corrected chi connectivity index (χ2v) is 22.0. The fraction of sp³-hybridized carbons (Fsp3) is 0.712. The molecule has 0 fully saturated rings. The number of hydrogen-bond donors (Lipinski definition) is 0. The van der Waals surface area contributed by atoms with E-state index in [4.69, 9.17) is 14.2 Å². The van der Waals surface area contributed by atoms with Crippen LogP contribution in [0.3, 0.4) is 0 Å². The van der Waals surface area contributed by atoms with Gasteiger partial charge in [-0.15, -0.1) is 0 Å². The minimum absolute atomic E-state index is 0.0950. The Kier molecular flexibility index (Phi) is 63.3. The zero-order chi connectivity index (χ0) is 57.1. The van der Waals surface area contributed by atoms with Crippen LogP contribution >= 0.6 is 0 Å². The first-order chi connectivity index (χ1) is 39.0. The lowest BCUT2D eigenvalue weighted by Crippen LogP contribution is -2.30. The van der Waals surface area contributed by atoms with E-state index in [1.165, 1.54) is 141 Å². The van der Waals surface area contributed by atoms with Gasteiger partial charge in [-0.1, -0.05) is 304 Å². The molecule has 0 aromatic heterocycles. The van der Waals surface area contributed by atoms with Gasteiger partial charge in [-0.2, -0.15) is 0 Å². The minimum Gasteiger partial charge on any atom is -0.462 e. The zero-order valence-corrected chi connectivity index (χ0v) is 51.9. The van der Waals surface area contributed by atoms with Crippen LogP contribution < -0.4 is 0 Å². The first-order valence-electron chi connectivity index (χ1n) is 33.4. The van der Waals surface area contributed by atoms with Crippen LogP contribution in [0, 0.1) is 0 Å². The van der Waals surface area contributed by atoms with Crippen molar-refractivity contribution in [3.8, 4) is 0 Å². The fourth-order valence-electron chi connectivity index (χ4n) is 9.35. The summed E-state index contributed by atoms with van der Waals surface area (Å²) < 4.78 is 16.9. The molecule has 0 aliphatic heterocycles. The van der Waals surface area contributed by atoms with Gasteiger partial charge in [0.25, 0.3) is 0 Å². The molecule has 6 heteroatoms. The van der Waals surface area contributed by atoms with Crippen LogP contribution in [0.5, 0.6) is 0 Å². The average molecular weight is 1100 g/mol. The molecule has 0 amide bonds. The van der Waals surface area contributed by atoms with Gasteiger partial charge >= 0.3 is 17.9 Å². The van der Waals surface area contributed by atoms with Gasteiger partial charge in [0.15, 0.2) is 6.10 Å². The molecule has 0 bridgehead atoms. The third-order valence-corrected chi connectivity index (χ3v) is 14.3. The van der Waals surface area contributed by atoms with E-state index in [9.17, 15) is 14.4 Å². The van der Waals surface area contributed by atoms with E-state index in [1.54, 1.807) is 0 Å². The minimum atomic E-state index is -0.804. The van der Waals surface area contributed by atoms with Crippen LogP contribution in [-0.2, 0) is 28.6 Å². The highest BCUT2D eigenvalue weighted by Gasteiger charge is 2.19. The van der Waals surface area contributed by atoms with E-state index in [2.05, 4.69) is 130 Å². The second kappa shape index (κ2) is 66.6. The van der Waals surface area contributed by atoms with Crippen LogP contribution in [-0.4, -0.2) is 37.2 Å². The van der Waals surface area contributed by atoms with Crippen molar-refractivity contribution in [3.05, 3.63) is 109 Å². The van der Waals surface area contributed by atoms with Gasteiger partial charge in [-0.05, 0) is 103 Å². The Hall–Kier alpha value is -3.93. The highest BCUT2D eigenvalue weighted by Crippen LogP contribution is 2.17. The quantitative estimate of drug-likeness (QED) is 0.0261. The summed E-state index contributed by atoms with van der Waals surface area (Å²) in [5.74, 6) is -0.931. The number of allylic oxidation sites excluding steroid dienone is 18. The van der Waals surface area contributed by atoms with Crippen molar-refractivity contribution < 1.29 is 28.6 Å².